The third-order valence-electron chi connectivity index (χ3n) is 2.16. The van der Waals surface area contributed by atoms with E-state index in [1.54, 1.807) is 6.20 Å². The van der Waals surface area contributed by atoms with E-state index in [-0.39, 0.29) is 0 Å². The molecule has 2 aromatic heterocycles. The van der Waals surface area contributed by atoms with Crippen LogP contribution >= 0.6 is 0 Å². The molecule has 0 unspecified atom stereocenters. The molecule has 14 heavy (non-hydrogen) atoms. The molecule has 1 N–H and O–H groups in total. The van der Waals surface area contributed by atoms with Crippen LogP contribution in [0.4, 0.5) is 0 Å². The molecular weight excluding hydrogens is 174 g/mol. The van der Waals surface area contributed by atoms with Crippen LogP contribution in [0.2, 0.25) is 0 Å². The van der Waals surface area contributed by atoms with Gasteiger partial charge in [0.15, 0.2) is 0 Å². The third-order valence-corrected chi connectivity index (χ3v) is 2.16. The molecule has 0 saturated heterocycles. The van der Waals surface area contributed by atoms with Crippen molar-refractivity contribution in [1.82, 2.24) is 15.2 Å². The molecule has 0 amide bonds. The number of nitrogens with one attached hydrogen (secondary N) is 1. The lowest BCUT2D eigenvalue weighted by Gasteiger charge is -1.96. The fraction of sp³-hybridized carbons (Fsp3) is 0.273. The first kappa shape index (κ1) is 8.94. The summed E-state index contributed by atoms with van der Waals surface area (Å²) in [6.07, 6.45) is 9.88. The van der Waals surface area contributed by atoms with E-state index in [1.165, 1.54) is 0 Å². The first-order valence-electron chi connectivity index (χ1n) is 4.84. The van der Waals surface area contributed by atoms with Gasteiger partial charge in [-0.2, -0.15) is 10.2 Å². The summed E-state index contributed by atoms with van der Waals surface area (Å²) in [5.74, 6) is 0. The fourth-order valence-corrected chi connectivity index (χ4v) is 1.45. The summed E-state index contributed by atoms with van der Waals surface area (Å²) in [5, 5.41) is 9.20. The Bertz CT molecular complexity index is 442. The zero-order valence-corrected chi connectivity index (χ0v) is 8.20. The van der Waals surface area contributed by atoms with E-state index in [0.717, 1.165) is 29.4 Å². The maximum absolute atomic E-state index is 4.12. The van der Waals surface area contributed by atoms with Gasteiger partial charge in [-0.25, -0.2) is 0 Å². The minimum absolute atomic E-state index is 0.846. The molecule has 0 aliphatic rings. The van der Waals surface area contributed by atoms with Crippen LogP contribution < -0.4 is 0 Å². The number of hydrogen-bond donors (Lipinski definition) is 1. The lowest BCUT2D eigenvalue weighted by molar-refractivity contribution is 0.964. The molecule has 3 nitrogen and oxygen atoms in total. The van der Waals surface area contributed by atoms with Crippen molar-refractivity contribution in [3.8, 4) is 0 Å². The van der Waals surface area contributed by atoms with Crippen molar-refractivity contribution in [3.63, 3.8) is 0 Å². The number of fused-ring (bicyclic) bond motifs is 1. The number of allylic oxidation sites excluding steroid dienone is 2. The van der Waals surface area contributed by atoms with E-state index >= 15 is 0 Å². The Labute approximate surface area is 82.9 Å². The Kier molecular flexibility index (Phi) is 2.58. The largest absolute Gasteiger partial charge is 0.360 e. The van der Waals surface area contributed by atoms with Crippen molar-refractivity contribution < 1.29 is 0 Å². The molecule has 0 spiro atoms. The average Bonchev–Trinajstić information content (AvgIpc) is 2.67. The van der Waals surface area contributed by atoms with Gasteiger partial charge in [-0.05, 0) is 12.5 Å². The molecule has 72 valence electrons. The first-order valence-corrected chi connectivity index (χ1v) is 4.84. The van der Waals surface area contributed by atoms with E-state index in [2.05, 4.69) is 34.3 Å². The van der Waals surface area contributed by atoms with E-state index in [1.807, 2.05) is 12.3 Å². The highest BCUT2D eigenvalue weighted by Gasteiger charge is 2.01. The van der Waals surface area contributed by atoms with Gasteiger partial charge in [0.05, 0.1) is 17.4 Å². The van der Waals surface area contributed by atoms with Gasteiger partial charge in [0, 0.05) is 18.0 Å². The SMILES string of the molecule is CCC=CCc1nncc2cc[nH]c12. The van der Waals surface area contributed by atoms with Gasteiger partial charge in [-0.1, -0.05) is 19.1 Å². The summed E-state index contributed by atoms with van der Waals surface area (Å²) in [6.45, 7) is 2.12. The number of rotatable bonds is 3. The van der Waals surface area contributed by atoms with Crippen LogP contribution in [0.15, 0.2) is 30.6 Å². The van der Waals surface area contributed by atoms with Gasteiger partial charge in [-0.3, -0.25) is 0 Å². The summed E-state index contributed by atoms with van der Waals surface area (Å²) in [6, 6.07) is 2.01. The quantitative estimate of drug-likeness (QED) is 0.750. The number of aromatic nitrogens is 3. The van der Waals surface area contributed by atoms with E-state index < -0.39 is 0 Å². The molecule has 0 aliphatic carbocycles. The van der Waals surface area contributed by atoms with Crippen LogP contribution in [0, 0.1) is 0 Å². The van der Waals surface area contributed by atoms with Crippen molar-refractivity contribution in [2.45, 2.75) is 19.8 Å². The van der Waals surface area contributed by atoms with Crippen molar-refractivity contribution >= 4 is 10.9 Å². The minimum atomic E-state index is 0.846. The van der Waals surface area contributed by atoms with Crippen LogP contribution in [0.5, 0.6) is 0 Å². The van der Waals surface area contributed by atoms with E-state index in [9.17, 15) is 0 Å². The zero-order chi connectivity index (χ0) is 9.80. The second-order valence-corrected chi connectivity index (χ2v) is 3.18. The monoisotopic (exact) mass is 187 g/mol. The predicted molar refractivity (Wildman–Crippen MR) is 57.0 cm³/mol. The molecule has 0 radical (unpaired) electrons. The lowest BCUT2D eigenvalue weighted by atomic mass is 10.2. The fourth-order valence-electron chi connectivity index (χ4n) is 1.45. The molecule has 2 rings (SSSR count). The summed E-state index contributed by atoms with van der Waals surface area (Å²) in [5.41, 5.74) is 2.11. The maximum atomic E-state index is 4.12. The minimum Gasteiger partial charge on any atom is -0.360 e. The molecule has 2 aromatic rings. The molecule has 3 heteroatoms. The Balaban J connectivity index is 2.32. The molecule has 2 heterocycles. The smallest absolute Gasteiger partial charge is 0.0908 e. The number of aromatic amines is 1. The summed E-state index contributed by atoms with van der Waals surface area (Å²) >= 11 is 0. The molecular formula is C11H13N3. The summed E-state index contributed by atoms with van der Waals surface area (Å²) < 4.78 is 0. The highest BCUT2D eigenvalue weighted by molar-refractivity contribution is 5.80. The molecule has 0 bridgehead atoms. The van der Waals surface area contributed by atoms with Crippen molar-refractivity contribution in [2.75, 3.05) is 0 Å². The second-order valence-electron chi connectivity index (χ2n) is 3.18. The predicted octanol–water partition coefficient (Wildman–Crippen LogP) is 2.47. The average molecular weight is 187 g/mol. The Morgan fingerprint density at radius 1 is 1.43 bits per heavy atom. The highest BCUT2D eigenvalue weighted by atomic mass is 15.1. The van der Waals surface area contributed by atoms with Crippen LogP contribution in [-0.2, 0) is 6.42 Å². The van der Waals surface area contributed by atoms with Crippen molar-refractivity contribution in [1.29, 1.82) is 0 Å². The third kappa shape index (κ3) is 1.66. The van der Waals surface area contributed by atoms with Crippen LogP contribution in [0.25, 0.3) is 10.9 Å². The van der Waals surface area contributed by atoms with Gasteiger partial charge in [0.1, 0.15) is 0 Å². The van der Waals surface area contributed by atoms with Gasteiger partial charge in [0.25, 0.3) is 0 Å². The summed E-state index contributed by atoms with van der Waals surface area (Å²) in [4.78, 5) is 3.18. The van der Waals surface area contributed by atoms with Gasteiger partial charge >= 0.3 is 0 Å². The molecule has 0 aromatic carbocycles. The van der Waals surface area contributed by atoms with Gasteiger partial charge in [-0.15, -0.1) is 0 Å². The Morgan fingerprint density at radius 2 is 2.36 bits per heavy atom. The van der Waals surface area contributed by atoms with Crippen molar-refractivity contribution in [3.05, 3.63) is 36.3 Å². The number of hydrogen-bond acceptors (Lipinski definition) is 2. The van der Waals surface area contributed by atoms with Crippen LogP contribution in [0.1, 0.15) is 19.0 Å². The Hall–Kier alpha value is -1.64. The molecule has 0 fully saturated rings. The van der Waals surface area contributed by atoms with Crippen LogP contribution in [-0.4, -0.2) is 15.2 Å². The van der Waals surface area contributed by atoms with E-state index in [0.29, 0.717) is 0 Å². The van der Waals surface area contributed by atoms with Gasteiger partial charge < -0.3 is 4.98 Å². The highest BCUT2D eigenvalue weighted by Crippen LogP contribution is 2.13. The lowest BCUT2D eigenvalue weighted by Crippen LogP contribution is -1.91. The summed E-state index contributed by atoms with van der Waals surface area (Å²) in [7, 11) is 0. The number of H-pyrrole nitrogens is 1. The van der Waals surface area contributed by atoms with Crippen molar-refractivity contribution in [2.24, 2.45) is 0 Å². The van der Waals surface area contributed by atoms with Crippen LogP contribution in [0.3, 0.4) is 0 Å². The standard InChI is InChI=1S/C11H13N3/c1-2-3-4-5-10-11-9(6-7-12-11)8-13-14-10/h3-4,6-8,12H,2,5H2,1H3. The van der Waals surface area contributed by atoms with E-state index in [4.69, 9.17) is 0 Å². The molecule has 0 atom stereocenters. The van der Waals surface area contributed by atoms with Gasteiger partial charge in [0.2, 0.25) is 0 Å². The number of nitrogens with zero attached hydrogens (tertiary/aromatic N) is 2. The maximum Gasteiger partial charge on any atom is 0.0908 e. The molecule has 0 aliphatic heterocycles. The second kappa shape index (κ2) is 4.05. The zero-order valence-electron chi connectivity index (χ0n) is 8.20. The Morgan fingerprint density at radius 3 is 3.21 bits per heavy atom. The topological polar surface area (TPSA) is 41.6 Å². The normalized spacial score (nSPS) is 11.5. The molecule has 0 saturated carbocycles. The first-order chi connectivity index (χ1) is 6.92.